The number of halogens is 1. The average molecular weight is 301 g/mol. The van der Waals surface area contributed by atoms with Gasteiger partial charge >= 0.3 is 11.9 Å². The number of unbranched alkanes of at least 4 members (excludes halogenated alkanes) is 1. The van der Waals surface area contributed by atoms with Crippen LogP contribution in [0.15, 0.2) is 36.4 Å². The lowest BCUT2D eigenvalue weighted by atomic mass is 10.1. The molecule has 0 radical (unpaired) electrons. The SMILES string of the molecule is C=CC(=O)OCCCOC(=O)C(=C)CCCCC(=C)Cl. The van der Waals surface area contributed by atoms with Gasteiger partial charge in [-0.05, 0) is 25.7 Å². The maximum atomic E-state index is 11.5. The van der Waals surface area contributed by atoms with Crippen LogP contribution in [0.2, 0.25) is 0 Å². The summed E-state index contributed by atoms with van der Waals surface area (Å²) in [6.07, 6.45) is 4.53. The molecule has 0 aliphatic carbocycles. The number of esters is 2. The van der Waals surface area contributed by atoms with Crippen LogP contribution in [0, 0.1) is 0 Å². The molecular weight excluding hydrogens is 280 g/mol. The van der Waals surface area contributed by atoms with Gasteiger partial charge in [0.1, 0.15) is 0 Å². The third-order valence-electron chi connectivity index (χ3n) is 2.40. The van der Waals surface area contributed by atoms with Crippen LogP contribution in [-0.2, 0) is 19.1 Å². The van der Waals surface area contributed by atoms with E-state index in [-0.39, 0.29) is 13.2 Å². The van der Waals surface area contributed by atoms with E-state index in [0.717, 1.165) is 25.3 Å². The summed E-state index contributed by atoms with van der Waals surface area (Å²) < 4.78 is 9.74. The van der Waals surface area contributed by atoms with E-state index in [1.54, 1.807) is 0 Å². The molecule has 0 aliphatic rings. The number of carbonyl (C=O) groups excluding carboxylic acids is 2. The Hall–Kier alpha value is -1.55. The van der Waals surface area contributed by atoms with Crippen LogP contribution in [0.25, 0.3) is 0 Å². The van der Waals surface area contributed by atoms with Crippen molar-refractivity contribution < 1.29 is 19.1 Å². The number of rotatable bonds is 11. The van der Waals surface area contributed by atoms with Crippen LogP contribution in [-0.4, -0.2) is 25.2 Å². The van der Waals surface area contributed by atoms with Gasteiger partial charge in [0.05, 0.1) is 13.2 Å². The molecule has 0 atom stereocenters. The fourth-order valence-corrected chi connectivity index (χ4v) is 1.45. The van der Waals surface area contributed by atoms with E-state index in [0.29, 0.717) is 23.4 Å². The minimum absolute atomic E-state index is 0.195. The zero-order valence-electron chi connectivity index (χ0n) is 11.7. The first kappa shape index (κ1) is 18.4. The lowest BCUT2D eigenvalue weighted by Gasteiger charge is -2.07. The van der Waals surface area contributed by atoms with Crippen LogP contribution in [0.4, 0.5) is 0 Å². The second kappa shape index (κ2) is 11.3. The fourth-order valence-electron chi connectivity index (χ4n) is 1.31. The molecule has 0 saturated heterocycles. The van der Waals surface area contributed by atoms with Crippen LogP contribution in [0.5, 0.6) is 0 Å². The Labute approximate surface area is 125 Å². The largest absolute Gasteiger partial charge is 0.462 e. The van der Waals surface area contributed by atoms with Crippen LogP contribution in [0.1, 0.15) is 32.1 Å². The predicted octanol–water partition coefficient (Wildman–Crippen LogP) is 3.52. The van der Waals surface area contributed by atoms with Gasteiger partial charge < -0.3 is 9.47 Å². The molecule has 0 unspecified atom stereocenters. The molecule has 4 nitrogen and oxygen atoms in total. The molecule has 0 saturated carbocycles. The third-order valence-corrected chi connectivity index (χ3v) is 2.59. The highest BCUT2D eigenvalue weighted by Gasteiger charge is 2.08. The summed E-state index contributed by atoms with van der Waals surface area (Å²) in [6.45, 7) is 10.9. The van der Waals surface area contributed by atoms with Crippen molar-refractivity contribution in [3.8, 4) is 0 Å². The van der Waals surface area contributed by atoms with E-state index in [1.165, 1.54) is 0 Å². The number of carbonyl (C=O) groups is 2. The summed E-state index contributed by atoms with van der Waals surface area (Å²) >= 11 is 5.64. The van der Waals surface area contributed by atoms with E-state index in [4.69, 9.17) is 21.1 Å². The Bertz CT molecular complexity index is 374. The van der Waals surface area contributed by atoms with Crippen LogP contribution < -0.4 is 0 Å². The van der Waals surface area contributed by atoms with Gasteiger partial charge in [0.15, 0.2) is 0 Å². The topological polar surface area (TPSA) is 52.6 Å². The first-order valence-electron chi connectivity index (χ1n) is 6.44. The molecule has 112 valence electrons. The van der Waals surface area contributed by atoms with Gasteiger partial charge in [-0.25, -0.2) is 9.59 Å². The molecule has 5 heteroatoms. The van der Waals surface area contributed by atoms with E-state index < -0.39 is 11.9 Å². The molecule has 0 heterocycles. The maximum Gasteiger partial charge on any atom is 0.333 e. The Morgan fingerprint density at radius 3 is 2.20 bits per heavy atom. The zero-order chi connectivity index (χ0) is 15.4. The van der Waals surface area contributed by atoms with E-state index in [9.17, 15) is 9.59 Å². The fraction of sp³-hybridized carbons (Fsp3) is 0.467. The first-order chi connectivity index (χ1) is 9.47. The van der Waals surface area contributed by atoms with Crippen molar-refractivity contribution in [2.45, 2.75) is 32.1 Å². The number of allylic oxidation sites excluding steroid dienone is 1. The molecule has 0 aromatic carbocycles. The summed E-state index contributed by atoms with van der Waals surface area (Å²) in [5, 5.41) is 0.618. The molecule has 0 aromatic heterocycles. The summed E-state index contributed by atoms with van der Waals surface area (Å²) in [6, 6.07) is 0. The van der Waals surface area contributed by atoms with Gasteiger partial charge in [-0.2, -0.15) is 0 Å². The highest BCUT2D eigenvalue weighted by atomic mass is 35.5. The second-order valence-electron chi connectivity index (χ2n) is 4.19. The Kier molecular flexibility index (Phi) is 10.4. The normalized spacial score (nSPS) is 9.65. The summed E-state index contributed by atoms with van der Waals surface area (Å²) in [5.41, 5.74) is 0.438. The van der Waals surface area contributed by atoms with Crippen molar-refractivity contribution in [2.24, 2.45) is 0 Å². The number of hydrogen-bond donors (Lipinski definition) is 0. The minimum atomic E-state index is -0.485. The maximum absolute atomic E-state index is 11.5. The molecule has 0 fully saturated rings. The molecule has 0 amide bonds. The smallest absolute Gasteiger partial charge is 0.333 e. The highest BCUT2D eigenvalue weighted by molar-refractivity contribution is 6.29. The lowest BCUT2D eigenvalue weighted by molar-refractivity contribution is -0.141. The molecule has 0 N–H and O–H groups in total. The van der Waals surface area contributed by atoms with Gasteiger partial charge in [-0.3, -0.25) is 0 Å². The number of hydrogen-bond acceptors (Lipinski definition) is 4. The Morgan fingerprint density at radius 2 is 1.60 bits per heavy atom. The first-order valence-corrected chi connectivity index (χ1v) is 6.82. The summed E-state index contributed by atoms with van der Waals surface area (Å²) in [4.78, 5) is 22.3. The van der Waals surface area contributed by atoms with Crippen molar-refractivity contribution in [1.82, 2.24) is 0 Å². The molecule has 0 bridgehead atoms. The van der Waals surface area contributed by atoms with E-state index in [2.05, 4.69) is 19.7 Å². The predicted molar refractivity (Wildman–Crippen MR) is 79.3 cm³/mol. The summed E-state index contributed by atoms with van der Waals surface area (Å²) in [5.74, 6) is -0.897. The Balaban J connectivity index is 3.60. The van der Waals surface area contributed by atoms with E-state index in [1.807, 2.05) is 0 Å². The Morgan fingerprint density at radius 1 is 1.00 bits per heavy atom. The van der Waals surface area contributed by atoms with Gasteiger partial charge in [-0.15, -0.1) is 0 Å². The molecule has 0 spiro atoms. The van der Waals surface area contributed by atoms with Gasteiger partial charge in [-0.1, -0.05) is 31.3 Å². The second-order valence-corrected chi connectivity index (χ2v) is 4.72. The van der Waals surface area contributed by atoms with Crippen molar-refractivity contribution in [1.29, 1.82) is 0 Å². The van der Waals surface area contributed by atoms with Crippen molar-refractivity contribution in [3.63, 3.8) is 0 Å². The molecular formula is C15H21ClO4. The van der Waals surface area contributed by atoms with Crippen molar-refractivity contribution in [2.75, 3.05) is 13.2 Å². The monoisotopic (exact) mass is 300 g/mol. The number of ether oxygens (including phenoxy) is 2. The highest BCUT2D eigenvalue weighted by Crippen LogP contribution is 2.13. The average Bonchev–Trinajstić information content (AvgIpc) is 2.42. The lowest BCUT2D eigenvalue weighted by Crippen LogP contribution is -2.11. The van der Waals surface area contributed by atoms with Crippen LogP contribution >= 0.6 is 11.6 Å². The molecule has 0 aromatic rings. The molecule has 0 rings (SSSR count). The van der Waals surface area contributed by atoms with Gasteiger partial charge in [0, 0.05) is 23.1 Å². The van der Waals surface area contributed by atoms with Gasteiger partial charge in [0.2, 0.25) is 0 Å². The van der Waals surface area contributed by atoms with Crippen molar-refractivity contribution in [3.05, 3.63) is 36.4 Å². The molecule has 20 heavy (non-hydrogen) atoms. The van der Waals surface area contributed by atoms with Gasteiger partial charge in [0.25, 0.3) is 0 Å². The van der Waals surface area contributed by atoms with E-state index >= 15 is 0 Å². The minimum Gasteiger partial charge on any atom is -0.462 e. The molecule has 0 aliphatic heterocycles. The quantitative estimate of drug-likeness (QED) is 0.333. The summed E-state index contributed by atoms with van der Waals surface area (Å²) in [7, 11) is 0. The van der Waals surface area contributed by atoms with Crippen molar-refractivity contribution >= 4 is 23.5 Å². The van der Waals surface area contributed by atoms with Crippen LogP contribution in [0.3, 0.4) is 0 Å². The zero-order valence-corrected chi connectivity index (χ0v) is 12.4. The standard InChI is InChI=1S/C15H21ClO4/c1-4-14(17)19-10-7-11-20-15(18)12(2)8-5-6-9-13(3)16/h4H,1-3,5-11H2. The third kappa shape index (κ3) is 10.4.